The number of hydrogen-bond acceptors (Lipinski definition) is 6. The van der Waals surface area contributed by atoms with Gasteiger partial charge in [0.25, 0.3) is 5.69 Å². The zero-order valence-corrected chi connectivity index (χ0v) is 17.9. The lowest BCUT2D eigenvalue weighted by atomic mass is 9.79. The van der Waals surface area contributed by atoms with E-state index in [-0.39, 0.29) is 10.6 Å². The molecule has 31 heavy (non-hydrogen) atoms. The number of sulfone groups is 1. The zero-order valence-electron chi connectivity index (χ0n) is 17.1. The molecule has 2 aromatic carbocycles. The number of rotatable bonds is 5. The molecule has 1 N–H and O–H groups in total. The smallest absolute Gasteiger partial charge is 0.327 e. The van der Waals surface area contributed by atoms with Crippen molar-refractivity contribution in [3.63, 3.8) is 0 Å². The summed E-state index contributed by atoms with van der Waals surface area (Å²) in [5, 5.41) is 11.9. The minimum absolute atomic E-state index is 0.00229. The van der Waals surface area contributed by atoms with Gasteiger partial charge in [-0.1, -0.05) is 18.2 Å². The van der Waals surface area contributed by atoms with Gasteiger partial charge >= 0.3 is 5.97 Å². The molecule has 1 aliphatic rings. The second-order valence-electron chi connectivity index (χ2n) is 7.92. The molecular formula is C22H22N2O6S. The van der Waals surface area contributed by atoms with Crippen molar-refractivity contribution in [2.24, 2.45) is 5.92 Å². The predicted octanol–water partition coefficient (Wildman–Crippen LogP) is 3.59. The van der Waals surface area contributed by atoms with Crippen LogP contribution in [0.3, 0.4) is 0 Å². The topological polar surface area (TPSA) is 119 Å². The summed E-state index contributed by atoms with van der Waals surface area (Å²) < 4.78 is 30.3. The SMILES string of the molecule is COC(=O)C(C)(C1CCc2c([nH]c3ccc([N+](=O)[O-])cc23)C1)S(=O)(=O)c1ccccc1. The fourth-order valence-corrected chi connectivity index (χ4v) is 6.49. The van der Waals surface area contributed by atoms with Gasteiger partial charge in [-0.15, -0.1) is 0 Å². The number of H-pyrrole nitrogens is 1. The molecule has 0 amide bonds. The second-order valence-corrected chi connectivity index (χ2v) is 10.3. The highest BCUT2D eigenvalue weighted by molar-refractivity contribution is 7.93. The molecule has 8 nitrogen and oxygen atoms in total. The van der Waals surface area contributed by atoms with Gasteiger partial charge in [0.1, 0.15) is 0 Å². The van der Waals surface area contributed by atoms with E-state index < -0.39 is 31.4 Å². The fourth-order valence-electron chi connectivity index (χ4n) is 4.54. The summed E-state index contributed by atoms with van der Waals surface area (Å²) in [4.78, 5) is 26.9. The minimum Gasteiger partial charge on any atom is -0.468 e. The van der Waals surface area contributed by atoms with Crippen LogP contribution in [0.1, 0.15) is 24.6 Å². The van der Waals surface area contributed by atoms with E-state index in [1.807, 2.05) is 0 Å². The first-order valence-electron chi connectivity index (χ1n) is 9.86. The molecule has 0 bridgehead atoms. The Balaban J connectivity index is 1.79. The second kappa shape index (κ2) is 7.49. The standard InChI is InChI=1S/C22H22N2O6S/c1-22(21(25)30-2,31(28,29)16-6-4-3-5-7-16)14-8-10-17-18-13-15(24(26)27)9-11-19(18)23-20(17)12-14/h3-7,9,11,13-14,23H,8,10,12H2,1-2H3. The summed E-state index contributed by atoms with van der Waals surface area (Å²) in [6.45, 7) is 1.43. The first kappa shape index (κ1) is 21.0. The Morgan fingerprint density at radius 2 is 1.94 bits per heavy atom. The highest BCUT2D eigenvalue weighted by atomic mass is 32.2. The number of carbonyl (C=O) groups is 1. The maximum atomic E-state index is 13.6. The van der Waals surface area contributed by atoms with Crippen LogP contribution in [0.15, 0.2) is 53.4 Å². The number of ether oxygens (including phenoxy) is 1. The molecule has 9 heteroatoms. The van der Waals surface area contributed by atoms with Gasteiger partial charge in [-0.3, -0.25) is 14.9 Å². The number of fused-ring (bicyclic) bond motifs is 3. The van der Waals surface area contributed by atoms with Crippen LogP contribution in [0.4, 0.5) is 5.69 Å². The summed E-state index contributed by atoms with van der Waals surface area (Å²) in [5.74, 6) is -1.32. The largest absolute Gasteiger partial charge is 0.468 e. The number of aromatic nitrogens is 1. The van der Waals surface area contributed by atoms with Crippen LogP contribution in [0.25, 0.3) is 10.9 Å². The average Bonchev–Trinajstić information content (AvgIpc) is 3.15. The van der Waals surface area contributed by atoms with Crippen LogP contribution in [0.2, 0.25) is 0 Å². The zero-order chi connectivity index (χ0) is 22.4. The molecule has 2 unspecified atom stereocenters. The number of aryl methyl sites for hydroxylation is 1. The van der Waals surface area contributed by atoms with Gasteiger partial charge in [-0.05, 0) is 55.9 Å². The maximum absolute atomic E-state index is 13.6. The van der Waals surface area contributed by atoms with E-state index in [9.17, 15) is 23.3 Å². The molecule has 1 heterocycles. The molecule has 0 saturated carbocycles. The van der Waals surface area contributed by atoms with E-state index in [0.29, 0.717) is 19.3 Å². The van der Waals surface area contributed by atoms with Crippen molar-refractivity contribution in [2.45, 2.75) is 35.8 Å². The number of nitrogens with one attached hydrogen (secondary N) is 1. The third-order valence-corrected chi connectivity index (χ3v) is 8.87. The highest BCUT2D eigenvalue weighted by Crippen LogP contribution is 2.42. The summed E-state index contributed by atoms with van der Waals surface area (Å²) >= 11 is 0. The third kappa shape index (κ3) is 3.20. The Bertz CT molecular complexity index is 1280. The quantitative estimate of drug-likeness (QED) is 0.366. The van der Waals surface area contributed by atoms with Gasteiger partial charge in [0, 0.05) is 28.7 Å². The Kier molecular flexibility index (Phi) is 5.09. The van der Waals surface area contributed by atoms with Crippen molar-refractivity contribution in [3.05, 3.63) is 69.9 Å². The monoisotopic (exact) mass is 442 g/mol. The Morgan fingerprint density at radius 1 is 1.23 bits per heavy atom. The minimum atomic E-state index is -4.04. The van der Waals surface area contributed by atoms with Crippen molar-refractivity contribution >= 4 is 32.4 Å². The lowest BCUT2D eigenvalue weighted by Crippen LogP contribution is -2.52. The fraction of sp³-hybridized carbons (Fsp3) is 0.318. The Hall–Kier alpha value is -3.20. The van der Waals surface area contributed by atoms with E-state index in [1.165, 1.54) is 38.3 Å². The molecule has 162 valence electrons. The van der Waals surface area contributed by atoms with Gasteiger partial charge in [-0.2, -0.15) is 0 Å². The van der Waals surface area contributed by atoms with E-state index in [4.69, 9.17) is 4.74 Å². The predicted molar refractivity (Wildman–Crippen MR) is 115 cm³/mol. The first-order valence-corrected chi connectivity index (χ1v) is 11.3. The van der Waals surface area contributed by atoms with Crippen molar-refractivity contribution in [2.75, 3.05) is 7.11 Å². The van der Waals surface area contributed by atoms with Gasteiger partial charge in [-0.25, -0.2) is 8.42 Å². The molecule has 0 radical (unpaired) electrons. The summed E-state index contributed by atoms with van der Waals surface area (Å²) in [6, 6.07) is 12.5. The summed E-state index contributed by atoms with van der Waals surface area (Å²) in [6.07, 6.45) is 1.24. The number of aromatic amines is 1. The molecule has 0 fully saturated rings. The van der Waals surface area contributed by atoms with Crippen molar-refractivity contribution in [3.8, 4) is 0 Å². The first-order chi connectivity index (χ1) is 14.7. The molecule has 4 rings (SSSR count). The molecule has 1 aromatic heterocycles. The van der Waals surface area contributed by atoms with E-state index in [2.05, 4.69) is 4.98 Å². The van der Waals surface area contributed by atoms with Gasteiger partial charge in [0.2, 0.25) is 0 Å². The highest BCUT2D eigenvalue weighted by Gasteiger charge is 2.54. The number of nitrogens with zero attached hydrogens (tertiary/aromatic N) is 1. The maximum Gasteiger partial charge on any atom is 0.327 e. The molecule has 1 aliphatic carbocycles. The normalized spacial score (nSPS) is 18.2. The number of nitro groups is 1. The molecule has 0 aliphatic heterocycles. The van der Waals surface area contributed by atoms with Crippen LogP contribution < -0.4 is 0 Å². The summed E-state index contributed by atoms with van der Waals surface area (Å²) in [5.41, 5.74) is 2.48. The number of benzene rings is 2. The lowest BCUT2D eigenvalue weighted by Gasteiger charge is -2.36. The molecule has 0 saturated heterocycles. The van der Waals surface area contributed by atoms with E-state index >= 15 is 0 Å². The number of hydrogen-bond donors (Lipinski definition) is 1. The van der Waals surface area contributed by atoms with Crippen LogP contribution in [0, 0.1) is 16.0 Å². The Morgan fingerprint density at radius 3 is 2.58 bits per heavy atom. The van der Waals surface area contributed by atoms with Crippen LogP contribution >= 0.6 is 0 Å². The van der Waals surface area contributed by atoms with E-state index in [0.717, 1.165) is 22.2 Å². The molecule has 2 atom stereocenters. The number of esters is 1. The number of non-ortho nitro benzene ring substituents is 1. The summed E-state index contributed by atoms with van der Waals surface area (Å²) in [7, 11) is -2.85. The van der Waals surface area contributed by atoms with Crippen molar-refractivity contribution in [1.82, 2.24) is 4.98 Å². The number of carbonyl (C=O) groups excluding carboxylic acids is 1. The van der Waals surface area contributed by atoms with Gasteiger partial charge in [0.15, 0.2) is 14.6 Å². The van der Waals surface area contributed by atoms with Crippen molar-refractivity contribution < 1.29 is 22.9 Å². The van der Waals surface area contributed by atoms with E-state index in [1.54, 1.807) is 24.3 Å². The average molecular weight is 442 g/mol. The molecular weight excluding hydrogens is 420 g/mol. The van der Waals surface area contributed by atoms with Crippen LogP contribution in [-0.2, 0) is 32.2 Å². The number of methoxy groups -OCH3 is 1. The van der Waals surface area contributed by atoms with Gasteiger partial charge in [0.05, 0.1) is 16.9 Å². The van der Waals surface area contributed by atoms with Crippen LogP contribution in [-0.4, -0.2) is 36.2 Å². The Labute approximate surface area is 179 Å². The third-order valence-electron chi connectivity index (χ3n) is 6.36. The molecule has 3 aromatic rings. The van der Waals surface area contributed by atoms with Gasteiger partial charge < -0.3 is 9.72 Å². The van der Waals surface area contributed by atoms with Crippen molar-refractivity contribution in [1.29, 1.82) is 0 Å². The van der Waals surface area contributed by atoms with Crippen LogP contribution in [0.5, 0.6) is 0 Å². The number of nitro benzene ring substituents is 1. The lowest BCUT2D eigenvalue weighted by molar-refractivity contribution is -0.384. The molecule has 0 spiro atoms.